The third-order valence-electron chi connectivity index (χ3n) is 4.18. The highest BCUT2D eigenvalue weighted by Gasteiger charge is 2.28. The van der Waals surface area contributed by atoms with Gasteiger partial charge in [0.1, 0.15) is 17.5 Å². The van der Waals surface area contributed by atoms with Gasteiger partial charge in [-0.15, -0.1) is 0 Å². The SMILES string of the molecule is CCNc1cc(N(CC)CC2CCCO2)nc(C2CC2)n1. The summed E-state index contributed by atoms with van der Waals surface area (Å²) in [6, 6.07) is 2.08. The minimum Gasteiger partial charge on any atom is -0.376 e. The van der Waals surface area contributed by atoms with Crippen LogP contribution in [0.2, 0.25) is 0 Å². The number of likely N-dealkylation sites (N-methyl/N-ethyl adjacent to an activating group) is 1. The van der Waals surface area contributed by atoms with Crippen molar-refractivity contribution in [3.05, 3.63) is 11.9 Å². The Balaban J connectivity index is 1.79. The third kappa shape index (κ3) is 3.64. The second-order valence-electron chi connectivity index (χ2n) is 5.95. The first kappa shape index (κ1) is 14.6. The summed E-state index contributed by atoms with van der Waals surface area (Å²) in [6.45, 7) is 7.96. The first-order valence-electron chi connectivity index (χ1n) is 8.29. The zero-order valence-corrected chi connectivity index (χ0v) is 13.1. The molecule has 1 aliphatic heterocycles. The summed E-state index contributed by atoms with van der Waals surface area (Å²) in [5.41, 5.74) is 0. The highest BCUT2D eigenvalue weighted by molar-refractivity contribution is 5.50. The van der Waals surface area contributed by atoms with E-state index in [1.165, 1.54) is 19.3 Å². The largest absolute Gasteiger partial charge is 0.376 e. The molecule has 0 radical (unpaired) electrons. The summed E-state index contributed by atoms with van der Waals surface area (Å²) in [5.74, 6) is 3.58. The molecule has 1 unspecified atom stereocenters. The summed E-state index contributed by atoms with van der Waals surface area (Å²) in [4.78, 5) is 11.8. The fourth-order valence-corrected chi connectivity index (χ4v) is 2.83. The summed E-state index contributed by atoms with van der Waals surface area (Å²) in [6.07, 6.45) is 5.16. The zero-order valence-electron chi connectivity index (χ0n) is 13.1. The molecule has 1 saturated carbocycles. The highest BCUT2D eigenvalue weighted by Crippen LogP contribution is 2.39. The maximum absolute atomic E-state index is 5.77. The van der Waals surface area contributed by atoms with Crippen LogP contribution in [0.1, 0.15) is 51.3 Å². The topological polar surface area (TPSA) is 50.3 Å². The van der Waals surface area contributed by atoms with Gasteiger partial charge < -0.3 is 15.0 Å². The van der Waals surface area contributed by atoms with Gasteiger partial charge in [0.25, 0.3) is 0 Å². The molecular formula is C16H26N4O. The summed E-state index contributed by atoms with van der Waals surface area (Å²) in [7, 11) is 0. The molecule has 1 saturated heterocycles. The first-order chi connectivity index (χ1) is 10.3. The number of nitrogens with one attached hydrogen (secondary N) is 1. The Bertz CT molecular complexity index is 469. The van der Waals surface area contributed by atoms with Crippen LogP contribution in [0.4, 0.5) is 11.6 Å². The fourth-order valence-electron chi connectivity index (χ4n) is 2.83. The minimum atomic E-state index is 0.354. The summed E-state index contributed by atoms with van der Waals surface area (Å²) < 4.78 is 5.77. The fraction of sp³-hybridized carbons (Fsp3) is 0.750. The Morgan fingerprint density at radius 3 is 2.76 bits per heavy atom. The smallest absolute Gasteiger partial charge is 0.136 e. The van der Waals surface area contributed by atoms with E-state index in [-0.39, 0.29) is 0 Å². The van der Waals surface area contributed by atoms with E-state index in [1.807, 2.05) is 0 Å². The van der Waals surface area contributed by atoms with Crippen molar-refractivity contribution in [1.82, 2.24) is 9.97 Å². The van der Waals surface area contributed by atoms with Gasteiger partial charge in [0.05, 0.1) is 6.10 Å². The quantitative estimate of drug-likeness (QED) is 0.837. The van der Waals surface area contributed by atoms with Crippen LogP contribution in [0.15, 0.2) is 6.07 Å². The van der Waals surface area contributed by atoms with Crippen LogP contribution in [0.5, 0.6) is 0 Å². The monoisotopic (exact) mass is 290 g/mol. The van der Waals surface area contributed by atoms with Crippen molar-refractivity contribution in [2.45, 2.75) is 51.6 Å². The molecular weight excluding hydrogens is 264 g/mol. The molecule has 5 heteroatoms. The van der Waals surface area contributed by atoms with Crippen LogP contribution in [-0.2, 0) is 4.74 Å². The predicted molar refractivity (Wildman–Crippen MR) is 85.0 cm³/mol. The molecule has 0 bridgehead atoms. The number of hydrogen-bond acceptors (Lipinski definition) is 5. The summed E-state index contributed by atoms with van der Waals surface area (Å²) >= 11 is 0. The van der Waals surface area contributed by atoms with Gasteiger partial charge in [0.2, 0.25) is 0 Å². The van der Waals surface area contributed by atoms with E-state index in [4.69, 9.17) is 9.72 Å². The standard InChI is InChI=1S/C16H26N4O/c1-3-17-14-10-15(19-16(18-14)12-7-8-12)20(4-2)11-13-6-5-9-21-13/h10,12-13H,3-9,11H2,1-2H3,(H,17,18,19). The number of rotatable bonds is 7. The van der Waals surface area contributed by atoms with Crippen molar-refractivity contribution in [3.8, 4) is 0 Å². The van der Waals surface area contributed by atoms with Crippen molar-refractivity contribution >= 4 is 11.6 Å². The van der Waals surface area contributed by atoms with Gasteiger partial charge >= 0.3 is 0 Å². The van der Waals surface area contributed by atoms with Gasteiger partial charge in [-0.25, -0.2) is 9.97 Å². The van der Waals surface area contributed by atoms with E-state index in [1.54, 1.807) is 0 Å². The number of ether oxygens (including phenoxy) is 1. The lowest BCUT2D eigenvalue weighted by Crippen LogP contribution is -2.33. The Kier molecular flexibility index (Phi) is 4.58. The van der Waals surface area contributed by atoms with Crippen molar-refractivity contribution in [2.75, 3.05) is 36.5 Å². The Morgan fingerprint density at radius 2 is 2.14 bits per heavy atom. The molecule has 1 atom stereocenters. The van der Waals surface area contributed by atoms with E-state index >= 15 is 0 Å². The molecule has 2 aliphatic rings. The lowest BCUT2D eigenvalue weighted by atomic mass is 10.2. The molecule has 0 spiro atoms. The zero-order chi connectivity index (χ0) is 14.7. The number of hydrogen-bond donors (Lipinski definition) is 1. The van der Waals surface area contributed by atoms with Crippen LogP contribution >= 0.6 is 0 Å². The minimum absolute atomic E-state index is 0.354. The Hall–Kier alpha value is -1.36. The first-order valence-corrected chi connectivity index (χ1v) is 8.29. The molecule has 1 aliphatic carbocycles. The van der Waals surface area contributed by atoms with Crippen LogP contribution in [0.3, 0.4) is 0 Å². The maximum atomic E-state index is 5.77. The van der Waals surface area contributed by atoms with Gasteiger partial charge in [0.15, 0.2) is 0 Å². The molecule has 2 heterocycles. The number of nitrogens with zero attached hydrogens (tertiary/aromatic N) is 3. The van der Waals surface area contributed by atoms with E-state index in [0.29, 0.717) is 12.0 Å². The lowest BCUT2D eigenvalue weighted by molar-refractivity contribution is 0.115. The molecule has 1 N–H and O–H groups in total. The lowest BCUT2D eigenvalue weighted by Gasteiger charge is -2.25. The third-order valence-corrected chi connectivity index (χ3v) is 4.18. The molecule has 1 aromatic heterocycles. The van der Waals surface area contributed by atoms with Gasteiger partial charge in [-0.2, -0.15) is 0 Å². The number of aromatic nitrogens is 2. The van der Waals surface area contributed by atoms with E-state index in [0.717, 1.165) is 50.1 Å². The maximum Gasteiger partial charge on any atom is 0.136 e. The van der Waals surface area contributed by atoms with Gasteiger partial charge in [0, 0.05) is 38.2 Å². The average molecular weight is 290 g/mol. The van der Waals surface area contributed by atoms with Crippen molar-refractivity contribution in [2.24, 2.45) is 0 Å². The molecule has 0 amide bonds. The van der Waals surface area contributed by atoms with Crippen LogP contribution in [-0.4, -0.2) is 42.3 Å². The van der Waals surface area contributed by atoms with Crippen molar-refractivity contribution in [3.63, 3.8) is 0 Å². The predicted octanol–water partition coefficient (Wildman–Crippen LogP) is 2.79. The second-order valence-corrected chi connectivity index (χ2v) is 5.95. The Labute approximate surface area is 127 Å². The van der Waals surface area contributed by atoms with E-state index in [2.05, 4.69) is 35.1 Å². The molecule has 21 heavy (non-hydrogen) atoms. The molecule has 5 nitrogen and oxygen atoms in total. The van der Waals surface area contributed by atoms with Crippen LogP contribution < -0.4 is 10.2 Å². The van der Waals surface area contributed by atoms with E-state index < -0.39 is 0 Å². The van der Waals surface area contributed by atoms with E-state index in [9.17, 15) is 0 Å². The van der Waals surface area contributed by atoms with Crippen molar-refractivity contribution < 1.29 is 4.74 Å². The molecule has 0 aromatic carbocycles. The average Bonchev–Trinajstić information content (AvgIpc) is 3.22. The van der Waals surface area contributed by atoms with Gasteiger partial charge in [-0.3, -0.25) is 0 Å². The number of anilines is 2. The molecule has 116 valence electrons. The van der Waals surface area contributed by atoms with Gasteiger partial charge in [-0.05, 0) is 39.5 Å². The highest BCUT2D eigenvalue weighted by atomic mass is 16.5. The normalized spacial score (nSPS) is 21.5. The Morgan fingerprint density at radius 1 is 1.29 bits per heavy atom. The molecule has 3 rings (SSSR count). The summed E-state index contributed by atoms with van der Waals surface area (Å²) in [5, 5.41) is 3.33. The van der Waals surface area contributed by atoms with Gasteiger partial charge in [-0.1, -0.05) is 0 Å². The second kappa shape index (κ2) is 6.60. The van der Waals surface area contributed by atoms with Crippen LogP contribution in [0, 0.1) is 0 Å². The molecule has 1 aromatic rings. The van der Waals surface area contributed by atoms with Crippen molar-refractivity contribution in [1.29, 1.82) is 0 Å². The van der Waals surface area contributed by atoms with Crippen LogP contribution in [0.25, 0.3) is 0 Å². The molecule has 2 fully saturated rings.